The molecule has 10 heteroatoms. The topological polar surface area (TPSA) is 105 Å². The molecule has 0 spiro atoms. The van der Waals surface area contributed by atoms with Crippen molar-refractivity contribution in [1.82, 2.24) is 4.98 Å². The maximum atomic E-state index is 12.2. The predicted molar refractivity (Wildman–Crippen MR) is 135 cm³/mol. The first-order chi connectivity index (χ1) is 15.5. The molecule has 2 aromatic rings. The molecule has 1 fully saturated rings. The first-order valence-corrected chi connectivity index (χ1v) is 16.7. The van der Waals surface area contributed by atoms with Gasteiger partial charge in [-0.15, -0.1) is 0 Å². The molecule has 1 saturated heterocycles. The van der Waals surface area contributed by atoms with Crippen molar-refractivity contribution in [2.75, 3.05) is 56.1 Å². The summed E-state index contributed by atoms with van der Waals surface area (Å²) in [6.45, 7) is 10.6. The maximum Gasteiger partial charge on any atom is 0.175 e. The molecule has 0 amide bonds. The molecule has 1 aromatic carbocycles. The monoisotopic (exact) mass is 490 g/mol. The molecule has 33 heavy (non-hydrogen) atoms. The zero-order chi connectivity index (χ0) is 24.1. The van der Waals surface area contributed by atoms with Crippen molar-refractivity contribution in [3.05, 3.63) is 47.7 Å². The molecule has 3 rings (SSSR count). The van der Waals surface area contributed by atoms with Crippen LogP contribution in [0.5, 0.6) is 0 Å². The summed E-state index contributed by atoms with van der Waals surface area (Å²) in [4.78, 5) is 6.75. The van der Waals surface area contributed by atoms with Crippen LogP contribution in [0.15, 0.2) is 41.4 Å². The van der Waals surface area contributed by atoms with Crippen LogP contribution in [0.2, 0.25) is 25.7 Å². The van der Waals surface area contributed by atoms with Crippen LogP contribution in [-0.2, 0) is 19.3 Å². The summed E-state index contributed by atoms with van der Waals surface area (Å²) in [6.07, 6.45) is 2.85. The molecule has 0 bridgehead atoms. The van der Waals surface area contributed by atoms with Crippen molar-refractivity contribution >= 4 is 35.1 Å². The van der Waals surface area contributed by atoms with E-state index < -0.39 is 17.9 Å². The van der Waals surface area contributed by atoms with Crippen LogP contribution < -0.4 is 10.2 Å². The number of nitrogens with one attached hydrogen (secondary N) is 2. The fraction of sp³-hybridized carbons (Fsp3) is 0.478. The summed E-state index contributed by atoms with van der Waals surface area (Å²) in [6, 6.07) is 9.51. The summed E-state index contributed by atoms with van der Waals surface area (Å²) < 4.78 is 35.5. The van der Waals surface area contributed by atoms with Gasteiger partial charge in [-0.2, -0.15) is 0 Å². The van der Waals surface area contributed by atoms with E-state index in [1.54, 1.807) is 30.5 Å². The van der Waals surface area contributed by atoms with Crippen LogP contribution in [0, 0.1) is 5.41 Å². The minimum Gasteiger partial charge on any atom is -0.378 e. The number of rotatable bonds is 10. The maximum absolute atomic E-state index is 12.2. The highest BCUT2D eigenvalue weighted by Crippen LogP contribution is 2.25. The lowest BCUT2D eigenvalue weighted by Crippen LogP contribution is -2.36. The third kappa shape index (κ3) is 7.36. The summed E-state index contributed by atoms with van der Waals surface area (Å²) in [5, 5.41) is 12.1. The van der Waals surface area contributed by atoms with E-state index in [1.807, 2.05) is 6.07 Å². The molecule has 8 nitrogen and oxygen atoms in total. The number of hydrogen-bond acceptors (Lipinski definition) is 8. The van der Waals surface area contributed by atoms with Gasteiger partial charge in [-0.05, 0) is 36.4 Å². The minimum absolute atomic E-state index is 0.176. The van der Waals surface area contributed by atoms with E-state index in [0.717, 1.165) is 25.0 Å². The van der Waals surface area contributed by atoms with Crippen molar-refractivity contribution < 1.29 is 17.9 Å². The molecule has 180 valence electrons. The largest absolute Gasteiger partial charge is 0.378 e. The Morgan fingerprint density at radius 3 is 2.61 bits per heavy atom. The van der Waals surface area contributed by atoms with Crippen molar-refractivity contribution in [3.8, 4) is 0 Å². The lowest BCUT2D eigenvalue weighted by molar-refractivity contribution is 0.122. The Balaban J connectivity index is 1.83. The first kappa shape index (κ1) is 25.4. The summed E-state index contributed by atoms with van der Waals surface area (Å²) in [5.41, 5.74) is 2.05. The molecule has 1 aliphatic rings. The number of sulfone groups is 1. The Labute approximate surface area is 197 Å². The Hall–Kier alpha value is -2.27. The molecule has 1 aromatic heterocycles. The van der Waals surface area contributed by atoms with Crippen LogP contribution in [0.1, 0.15) is 11.1 Å². The van der Waals surface area contributed by atoms with Gasteiger partial charge >= 0.3 is 0 Å². The lowest BCUT2D eigenvalue weighted by atomic mass is 10.0. The average Bonchev–Trinajstić information content (AvgIpc) is 2.77. The molecule has 0 aliphatic carbocycles. The second-order valence-corrected chi connectivity index (χ2v) is 17.0. The van der Waals surface area contributed by atoms with Gasteiger partial charge in [0.1, 0.15) is 12.5 Å². The highest BCUT2D eigenvalue weighted by atomic mass is 32.2. The first-order valence-electron chi connectivity index (χ1n) is 11.1. The lowest BCUT2D eigenvalue weighted by Gasteiger charge is -2.28. The van der Waals surface area contributed by atoms with E-state index >= 15 is 0 Å². The van der Waals surface area contributed by atoms with Crippen LogP contribution in [0.25, 0.3) is 0 Å². The van der Waals surface area contributed by atoms with E-state index in [1.165, 1.54) is 6.26 Å². The number of hydrogen-bond donors (Lipinski definition) is 2. The highest BCUT2D eigenvalue weighted by Gasteiger charge is 2.18. The van der Waals surface area contributed by atoms with Gasteiger partial charge in [-0.1, -0.05) is 19.6 Å². The highest BCUT2D eigenvalue weighted by molar-refractivity contribution is 7.90. The summed E-state index contributed by atoms with van der Waals surface area (Å²) >= 11 is 0. The second kappa shape index (κ2) is 10.8. The van der Waals surface area contributed by atoms with Gasteiger partial charge in [0.2, 0.25) is 0 Å². The van der Waals surface area contributed by atoms with Gasteiger partial charge in [-0.3, -0.25) is 5.41 Å². The number of pyridine rings is 1. The fourth-order valence-corrected chi connectivity index (χ4v) is 4.79. The van der Waals surface area contributed by atoms with Gasteiger partial charge in [0, 0.05) is 57.0 Å². The number of anilines is 2. The number of aromatic nitrogens is 1. The molecule has 0 unspecified atom stereocenters. The Morgan fingerprint density at radius 2 is 1.94 bits per heavy atom. The SMILES string of the molecule is C[Si](C)(C)CCOCNc1ccc(S(C)(=O)=O)cc1C(=N)c1ccnc(N2CCOCC2)c1. The zero-order valence-electron chi connectivity index (χ0n) is 19.8. The Morgan fingerprint density at radius 1 is 1.21 bits per heavy atom. The zero-order valence-corrected chi connectivity index (χ0v) is 21.7. The molecule has 2 heterocycles. The van der Waals surface area contributed by atoms with Crippen LogP contribution in [-0.4, -0.2) is 73.1 Å². The van der Waals surface area contributed by atoms with Gasteiger partial charge in [0.15, 0.2) is 9.84 Å². The van der Waals surface area contributed by atoms with Gasteiger partial charge < -0.3 is 19.7 Å². The molecular formula is C23H34N4O4SSi. The average molecular weight is 491 g/mol. The van der Waals surface area contributed by atoms with E-state index in [0.29, 0.717) is 43.4 Å². The fourth-order valence-electron chi connectivity index (χ4n) is 3.39. The summed E-state index contributed by atoms with van der Waals surface area (Å²) in [7, 11) is -4.59. The Kier molecular flexibility index (Phi) is 8.27. The van der Waals surface area contributed by atoms with Crippen molar-refractivity contribution in [2.24, 2.45) is 0 Å². The molecule has 0 atom stereocenters. The predicted octanol–water partition coefficient (Wildman–Crippen LogP) is 3.46. The van der Waals surface area contributed by atoms with Crippen LogP contribution in [0.3, 0.4) is 0 Å². The minimum atomic E-state index is -3.41. The number of morpholine rings is 1. The van der Waals surface area contributed by atoms with E-state index in [-0.39, 0.29) is 10.6 Å². The molecule has 1 aliphatic heterocycles. The van der Waals surface area contributed by atoms with Crippen molar-refractivity contribution in [2.45, 2.75) is 30.6 Å². The van der Waals surface area contributed by atoms with E-state index in [4.69, 9.17) is 14.9 Å². The van der Waals surface area contributed by atoms with Crippen molar-refractivity contribution in [1.29, 1.82) is 5.41 Å². The van der Waals surface area contributed by atoms with Gasteiger partial charge in [0.25, 0.3) is 0 Å². The number of benzene rings is 1. The standard InChI is InChI=1S/C23H34N4O4SSi/c1-32(28,29)19-5-6-21(26-17-31-13-14-33(2,3)4)20(16-19)23(24)18-7-8-25-22(15-18)27-9-11-30-12-10-27/h5-8,15-16,24,26H,9-14,17H2,1-4H3. The van der Waals surface area contributed by atoms with E-state index in [2.05, 4.69) is 34.8 Å². The molecule has 0 radical (unpaired) electrons. The van der Waals surface area contributed by atoms with Crippen molar-refractivity contribution in [3.63, 3.8) is 0 Å². The molecule has 2 N–H and O–H groups in total. The number of ether oxygens (including phenoxy) is 2. The quantitative estimate of drug-likeness (QED) is 0.227. The second-order valence-electron chi connectivity index (χ2n) is 9.40. The normalized spacial score (nSPS) is 14.8. The van der Waals surface area contributed by atoms with Crippen LogP contribution in [0.4, 0.5) is 11.5 Å². The molecular weight excluding hydrogens is 456 g/mol. The third-order valence-electron chi connectivity index (χ3n) is 5.42. The van der Waals surface area contributed by atoms with E-state index in [9.17, 15) is 8.42 Å². The Bertz CT molecular complexity index is 1080. The van der Waals surface area contributed by atoms with Gasteiger partial charge in [0.05, 0.1) is 23.8 Å². The number of nitrogens with zero attached hydrogens (tertiary/aromatic N) is 2. The van der Waals surface area contributed by atoms with Crippen LogP contribution >= 0.6 is 0 Å². The third-order valence-corrected chi connectivity index (χ3v) is 8.23. The van der Waals surface area contributed by atoms with Gasteiger partial charge in [-0.25, -0.2) is 13.4 Å². The smallest absolute Gasteiger partial charge is 0.175 e. The molecule has 0 saturated carbocycles. The summed E-state index contributed by atoms with van der Waals surface area (Å²) in [5.74, 6) is 0.781.